The number of anilines is 1. The average Bonchev–Trinajstić information content (AvgIpc) is 2.88. The molecule has 2 rings (SSSR count). The SMILES string of the molecule is CSc1nc(NC(=O)Cc2ccco2)nn1C. The summed E-state index contributed by atoms with van der Waals surface area (Å²) < 4.78 is 6.70. The number of aromatic nitrogens is 3. The van der Waals surface area contributed by atoms with Crippen molar-refractivity contribution in [1.82, 2.24) is 14.8 Å². The molecule has 2 heterocycles. The van der Waals surface area contributed by atoms with Crippen LogP contribution in [0.3, 0.4) is 0 Å². The van der Waals surface area contributed by atoms with Crippen LogP contribution < -0.4 is 5.32 Å². The van der Waals surface area contributed by atoms with Crippen molar-refractivity contribution < 1.29 is 9.21 Å². The van der Waals surface area contributed by atoms with Gasteiger partial charge >= 0.3 is 0 Å². The predicted octanol–water partition coefficient (Wildman–Crippen LogP) is 1.31. The van der Waals surface area contributed by atoms with Gasteiger partial charge in [-0.1, -0.05) is 11.8 Å². The fourth-order valence-electron chi connectivity index (χ4n) is 1.34. The third-order valence-corrected chi connectivity index (χ3v) is 2.79. The summed E-state index contributed by atoms with van der Waals surface area (Å²) in [4.78, 5) is 15.8. The highest BCUT2D eigenvalue weighted by molar-refractivity contribution is 7.98. The fraction of sp³-hybridized carbons (Fsp3) is 0.300. The summed E-state index contributed by atoms with van der Waals surface area (Å²) in [6, 6.07) is 3.49. The summed E-state index contributed by atoms with van der Waals surface area (Å²) in [5, 5.41) is 7.44. The van der Waals surface area contributed by atoms with E-state index < -0.39 is 0 Å². The number of nitrogens with one attached hydrogen (secondary N) is 1. The fourth-order valence-corrected chi connectivity index (χ4v) is 1.82. The molecule has 0 fully saturated rings. The van der Waals surface area contributed by atoms with Crippen LogP contribution in [0.2, 0.25) is 0 Å². The molecule has 2 aromatic rings. The van der Waals surface area contributed by atoms with Crippen molar-refractivity contribution in [3.63, 3.8) is 0 Å². The van der Waals surface area contributed by atoms with Gasteiger partial charge in [-0.3, -0.25) is 10.1 Å². The van der Waals surface area contributed by atoms with Crippen molar-refractivity contribution in [2.45, 2.75) is 11.6 Å². The number of furan rings is 1. The first kappa shape index (κ1) is 11.7. The summed E-state index contributed by atoms with van der Waals surface area (Å²) >= 11 is 1.47. The van der Waals surface area contributed by atoms with Crippen molar-refractivity contribution in [3.05, 3.63) is 24.2 Å². The minimum absolute atomic E-state index is 0.180. The van der Waals surface area contributed by atoms with Gasteiger partial charge in [-0.15, -0.1) is 5.10 Å². The molecule has 0 spiro atoms. The molecular formula is C10H12N4O2S. The van der Waals surface area contributed by atoms with E-state index in [9.17, 15) is 4.79 Å². The first-order chi connectivity index (χ1) is 8.19. The molecule has 17 heavy (non-hydrogen) atoms. The van der Waals surface area contributed by atoms with E-state index in [4.69, 9.17) is 4.42 Å². The standard InChI is InChI=1S/C10H12N4O2S/c1-14-10(17-2)12-9(13-14)11-8(15)6-7-4-3-5-16-7/h3-5H,6H2,1-2H3,(H,11,13,15). The maximum atomic E-state index is 11.6. The van der Waals surface area contributed by atoms with Gasteiger partial charge in [0.25, 0.3) is 0 Å². The van der Waals surface area contributed by atoms with E-state index in [1.807, 2.05) is 6.26 Å². The number of nitrogens with zero attached hydrogens (tertiary/aromatic N) is 3. The van der Waals surface area contributed by atoms with E-state index in [2.05, 4.69) is 15.4 Å². The summed E-state index contributed by atoms with van der Waals surface area (Å²) in [6.07, 6.45) is 3.62. The van der Waals surface area contributed by atoms with E-state index in [-0.39, 0.29) is 12.3 Å². The first-order valence-electron chi connectivity index (χ1n) is 4.96. The molecule has 0 saturated heterocycles. The van der Waals surface area contributed by atoms with Crippen molar-refractivity contribution in [1.29, 1.82) is 0 Å². The summed E-state index contributed by atoms with van der Waals surface area (Å²) in [6.45, 7) is 0. The Hall–Kier alpha value is -1.76. The maximum absolute atomic E-state index is 11.6. The Labute approximate surface area is 102 Å². The molecule has 2 aromatic heterocycles. The van der Waals surface area contributed by atoms with Crippen molar-refractivity contribution in [2.24, 2.45) is 7.05 Å². The number of amides is 1. The average molecular weight is 252 g/mol. The van der Waals surface area contributed by atoms with Crippen LogP contribution in [-0.4, -0.2) is 26.9 Å². The highest BCUT2D eigenvalue weighted by atomic mass is 32.2. The molecule has 0 unspecified atom stereocenters. The van der Waals surface area contributed by atoms with Crippen molar-refractivity contribution in [2.75, 3.05) is 11.6 Å². The second-order valence-corrected chi connectivity index (χ2v) is 4.12. The van der Waals surface area contributed by atoms with Gasteiger partial charge in [0.15, 0.2) is 5.16 Å². The number of rotatable bonds is 4. The molecule has 0 aliphatic rings. The van der Waals surface area contributed by atoms with E-state index in [1.165, 1.54) is 18.0 Å². The second-order valence-electron chi connectivity index (χ2n) is 3.35. The lowest BCUT2D eigenvalue weighted by molar-refractivity contribution is -0.115. The molecule has 0 aliphatic carbocycles. The molecular weight excluding hydrogens is 240 g/mol. The van der Waals surface area contributed by atoms with Crippen LogP contribution in [0, 0.1) is 0 Å². The van der Waals surface area contributed by atoms with E-state index in [1.54, 1.807) is 23.9 Å². The Bertz CT molecular complexity index is 506. The Morgan fingerprint density at radius 1 is 1.65 bits per heavy atom. The number of carbonyl (C=O) groups is 1. The molecule has 0 aromatic carbocycles. The normalized spacial score (nSPS) is 10.5. The molecule has 0 saturated carbocycles. The Balaban J connectivity index is 1.98. The van der Waals surface area contributed by atoms with Gasteiger partial charge in [-0.25, -0.2) is 4.68 Å². The predicted molar refractivity (Wildman–Crippen MR) is 63.8 cm³/mol. The largest absolute Gasteiger partial charge is 0.469 e. The number of carbonyl (C=O) groups excluding carboxylic acids is 1. The quantitative estimate of drug-likeness (QED) is 0.830. The zero-order chi connectivity index (χ0) is 12.3. The summed E-state index contributed by atoms with van der Waals surface area (Å²) in [7, 11) is 1.78. The van der Waals surface area contributed by atoms with Crippen LogP contribution in [0.25, 0.3) is 0 Å². The zero-order valence-electron chi connectivity index (χ0n) is 9.51. The van der Waals surface area contributed by atoms with Gasteiger partial charge < -0.3 is 4.42 Å². The highest BCUT2D eigenvalue weighted by Crippen LogP contribution is 2.13. The Kier molecular flexibility index (Phi) is 3.48. The second kappa shape index (κ2) is 5.05. The van der Waals surface area contributed by atoms with Crippen LogP contribution in [0.15, 0.2) is 28.0 Å². The van der Waals surface area contributed by atoms with E-state index >= 15 is 0 Å². The van der Waals surface area contributed by atoms with Gasteiger partial charge in [0.05, 0.1) is 12.7 Å². The third-order valence-electron chi connectivity index (χ3n) is 2.07. The van der Waals surface area contributed by atoms with Crippen molar-refractivity contribution >= 4 is 23.6 Å². The number of hydrogen-bond donors (Lipinski definition) is 1. The number of thioether (sulfide) groups is 1. The minimum atomic E-state index is -0.196. The van der Waals surface area contributed by atoms with Gasteiger partial charge in [-0.2, -0.15) is 4.98 Å². The van der Waals surface area contributed by atoms with Crippen LogP contribution in [0.5, 0.6) is 0 Å². The molecule has 0 radical (unpaired) electrons. The van der Waals surface area contributed by atoms with E-state index in [0.29, 0.717) is 11.7 Å². The first-order valence-corrected chi connectivity index (χ1v) is 6.19. The molecule has 0 aliphatic heterocycles. The lowest BCUT2D eigenvalue weighted by Crippen LogP contribution is -2.15. The highest BCUT2D eigenvalue weighted by Gasteiger charge is 2.11. The summed E-state index contributed by atoms with van der Waals surface area (Å²) in [5.74, 6) is 0.732. The van der Waals surface area contributed by atoms with Gasteiger partial charge in [0.1, 0.15) is 5.76 Å². The molecule has 0 bridgehead atoms. The van der Waals surface area contributed by atoms with Crippen LogP contribution in [0.1, 0.15) is 5.76 Å². The van der Waals surface area contributed by atoms with E-state index in [0.717, 1.165) is 5.16 Å². The summed E-state index contributed by atoms with van der Waals surface area (Å²) in [5.41, 5.74) is 0. The third kappa shape index (κ3) is 2.88. The zero-order valence-corrected chi connectivity index (χ0v) is 10.3. The van der Waals surface area contributed by atoms with Gasteiger partial charge in [0.2, 0.25) is 11.9 Å². The van der Waals surface area contributed by atoms with Crippen LogP contribution in [-0.2, 0) is 18.3 Å². The molecule has 1 N–H and O–H groups in total. The Morgan fingerprint density at radius 2 is 2.47 bits per heavy atom. The van der Waals surface area contributed by atoms with Crippen molar-refractivity contribution in [3.8, 4) is 0 Å². The van der Waals surface area contributed by atoms with Crippen LogP contribution >= 0.6 is 11.8 Å². The lowest BCUT2D eigenvalue weighted by atomic mass is 10.3. The maximum Gasteiger partial charge on any atom is 0.249 e. The smallest absolute Gasteiger partial charge is 0.249 e. The van der Waals surface area contributed by atoms with Gasteiger partial charge in [-0.05, 0) is 18.4 Å². The molecule has 1 amide bonds. The van der Waals surface area contributed by atoms with Gasteiger partial charge in [0, 0.05) is 7.05 Å². The number of aryl methyl sites for hydroxylation is 1. The van der Waals surface area contributed by atoms with Crippen LogP contribution in [0.4, 0.5) is 5.95 Å². The molecule has 7 heteroatoms. The minimum Gasteiger partial charge on any atom is -0.469 e. The molecule has 90 valence electrons. The Morgan fingerprint density at radius 3 is 3.06 bits per heavy atom. The molecule has 6 nitrogen and oxygen atoms in total. The lowest BCUT2D eigenvalue weighted by Gasteiger charge is -1.97. The monoisotopic (exact) mass is 252 g/mol. The topological polar surface area (TPSA) is 73.0 Å². The number of hydrogen-bond acceptors (Lipinski definition) is 5. The molecule has 0 atom stereocenters.